The number of likely N-dealkylation sites (tertiary alicyclic amines) is 1. The number of hydrogen-bond acceptors (Lipinski definition) is 3. The maximum absolute atomic E-state index is 12.1. The lowest BCUT2D eigenvalue weighted by Crippen LogP contribution is -2.32. The van der Waals surface area contributed by atoms with Crippen LogP contribution in [0, 0.1) is 11.8 Å². The first-order valence-corrected chi connectivity index (χ1v) is 6.23. The van der Waals surface area contributed by atoms with Gasteiger partial charge in [-0.15, -0.1) is 0 Å². The highest BCUT2D eigenvalue weighted by Crippen LogP contribution is 2.37. The first-order chi connectivity index (χ1) is 8.50. The molecule has 0 aromatic carbocycles. The molecule has 0 bridgehead atoms. The lowest BCUT2D eigenvalue weighted by molar-refractivity contribution is -0.142. The van der Waals surface area contributed by atoms with Gasteiger partial charge in [-0.05, 0) is 26.2 Å². The summed E-state index contributed by atoms with van der Waals surface area (Å²) in [6.45, 7) is 2.21. The number of hydrogen-bond donors (Lipinski definition) is 1. The molecule has 2 unspecified atom stereocenters. The number of carboxylic acids is 1. The summed E-state index contributed by atoms with van der Waals surface area (Å²) in [5.74, 6) is -1.58. The van der Waals surface area contributed by atoms with Crippen molar-refractivity contribution >= 4 is 17.8 Å². The first-order valence-electron chi connectivity index (χ1n) is 6.23. The lowest BCUT2D eigenvalue weighted by atomic mass is 9.82. The van der Waals surface area contributed by atoms with Crippen LogP contribution in [0.25, 0.3) is 0 Å². The minimum atomic E-state index is -0.899. The molecule has 18 heavy (non-hydrogen) atoms. The number of nitrogens with zero attached hydrogens (tertiary/aromatic N) is 1. The topological polar surface area (TPSA) is 74.7 Å². The summed E-state index contributed by atoms with van der Waals surface area (Å²) in [4.78, 5) is 35.9. The third-order valence-corrected chi connectivity index (χ3v) is 3.69. The average molecular weight is 251 g/mol. The zero-order valence-corrected chi connectivity index (χ0v) is 10.4. The molecule has 1 saturated heterocycles. The van der Waals surface area contributed by atoms with Crippen molar-refractivity contribution in [1.82, 2.24) is 4.90 Å². The third kappa shape index (κ3) is 2.30. The SMILES string of the molecule is CC1=CCC2C(=O)N(CCCC(=O)O)C(=O)C2C1. The van der Waals surface area contributed by atoms with E-state index in [9.17, 15) is 14.4 Å². The van der Waals surface area contributed by atoms with Gasteiger partial charge in [-0.25, -0.2) is 0 Å². The summed E-state index contributed by atoms with van der Waals surface area (Å²) in [5, 5.41) is 8.56. The molecule has 0 radical (unpaired) electrons. The maximum Gasteiger partial charge on any atom is 0.303 e. The molecule has 2 atom stereocenters. The van der Waals surface area contributed by atoms with Crippen molar-refractivity contribution in [3.05, 3.63) is 11.6 Å². The minimum absolute atomic E-state index is 0.0102. The van der Waals surface area contributed by atoms with Crippen molar-refractivity contribution in [2.75, 3.05) is 6.54 Å². The number of carbonyl (C=O) groups excluding carboxylic acids is 2. The number of amides is 2. The van der Waals surface area contributed by atoms with Crippen molar-refractivity contribution < 1.29 is 19.5 Å². The number of fused-ring (bicyclic) bond motifs is 1. The van der Waals surface area contributed by atoms with Gasteiger partial charge in [-0.3, -0.25) is 19.3 Å². The normalized spacial score (nSPS) is 27.2. The van der Waals surface area contributed by atoms with Crippen molar-refractivity contribution in [3.63, 3.8) is 0 Å². The Morgan fingerprint density at radius 2 is 2.06 bits per heavy atom. The number of carbonyl (C=O) groups is 3. The summed E-state index contributed by atoms with van der Waals surface area (Å²) >= 11 is 0. The van der Waals surface area contributed by atoms with E-state index in [4.69, 9.17) is 5.11 Å². The lowest BCUT2D eigenvalue weighted by Gasteiger charge is -2.19. The summed E-state index contributed by atoms with van der Waals surface area (Å²) in [7, 11) is 0. The number of imide groups is 1. The number of rotatable bonds is 4. The molecule has 1 aliphatic heterocycles. The van der Waals surface area contributed by atoms with Crippen molar-refractivity contribution in [2.24, 2.45) is 11.8 Å². The van der Waals surface area contributed by atoms with E-state index in [-0.39, 0.29) is 36.6 Å². The van der Waals surface area contributed by atoms with Gasteiger partial charge in [0, 0.05) is 13.0 Å². The van der Waals surface area contributed by atoms with Gasteiger partial charge in [-0.2, -0.15) is 0 Å². The van der Waals surface area contributed by atoms with Crippen LogP contribution in [0.1, 0.15) is 32.6 Å². The summed E-state index contributed by atoms with van der Waals surface area (Å²) in [5.41, 5.74) is 1.16. The van der Waals surface area contributed by atoms with E-state index in [1.165, 1.54) is 4.90 Å². The zero-order valence-electron chi connectivity index (χ0n) is 10.4. The molecule has 2 amide bonds. The standard InChI is InChI=1S/C13H17NO4/c1-8-4-5-9-10(7-8)13(18)14(12(9)17)6-2-3-11(15)16/h4,9-10H,2-3,5-7H2,1H3,(H,15,16). The predicted octanol–water partition coefficient (Wildman–Crippen LogP) is 1.19. The molecule has 1 fully saturated rings. The second-order valence-electron chi connectivity index (χ2n) is 5.03. The molecule has 1 N–H and O–H groups in total. The van der Waals surface area contributed by atoms with Gasteiger partial charge in [0.25, 0.3) is 0 Å². The van der Waals surface area contributed by atoms with Gasteiger partial charge in [0.15, 0.2) is 0 Å². The molecule has 0 aromatic heterocycles. The Balaban J connectivity index is 2.00. The van der Waals surface area contributed by atoms with Gasteiger partial charge in [0.1, 0.15) is 0 Å². The monoisotopic (exact) mass is 251 g/mol. The molecular formula is C13H17NO4. The van der Waals surface area contributed by atoms with E-state index >= 15 is 0 Å². The van der Waals surface area contributed by atoms with Crippen molar-refractivity contribution in [2.45, 2.75) is 32.6 Å². The third-order valence-electron chi connectivity index (χ3n) is 3.69. The van der Waals surface area contributed by atoms with E-state index < -0.39 is 5.97 Å². The van der Waals surface area contributed by atoms with Gasteiger partial charge in [0.05, 0.1) is 11.8 Å². The van der Waals surface area contributed by atoms with Crippen LogP contribution in [0.15, 0.2) is 11.6 Å². The number of allylic oxidation sites excluding steroid dienone is 2. The zero-order chi connectivity index (χ0) is 13.3. The molecule has 0 spiro atoms. The Bertz CT molecular complexity index is 427. The molecule has 5 heteroatoms. The molecule has 5 nitrogen and oxygen atoms in total. The second-order valence-corrected chi connectivity index (χ2v) is 5.03. The molecule has 2 aliphatic rings. The Hall–Kier alpha value is -1.65. The van der Waals surface area contributed by atoms with Crippen LogP contribution in [0.3, 0.4) is 0 Å². The van der Waals surface area contributed by atoms with E-state index in [0.29, 0.717) is 19.3 Å². The van der Waals surface area contributed by atoms with Crippen molar-refractivity contribution in [1.29, 1.82) is 0 Å². The fourth-order valence-electron chi connectivity index (χ4n) is 2.71. The fourth-order valence-corrected chi connectivity index (χ4v) is 2.71. The second kappa shape index (κ2) is 4.92. The molecule has 98 valence electrons. The Labute approximate surface area is 105 Å². The molecule has 1 heterocycles. The molecule has 2 rings (SSSR count). The quantitative estimate of drug-likeness (QED) is 0.601. The van der Waals surface area contributed by atoms with Gasteiger partial charge >= 0.3 is 5.97 Å². The summed E-state index contributed by atoms with van der Waals surface area (Å²) in [6.07, 6.45) is 3.64. The van der Waals surface area contributed by atoms with Gasteiger partial charge in [-0.1, -0.05) is 11.6 Å². The van der Waals surface area contributed by atoms with Gasteiger partial charge in [0.2, 0.25) is 11.8 Å². The minimum Gasteiger partial charge on any atom is -0.481 e. The van der Waals surface area contributed by atoms with E-state index in [2.05, 4.69) is 0 Å². The predicted molar refractivity (Wildman–Crippen MR) is 63.6 cm³/mol. The Kier molecular flexibility index (Phi) is 3.50. The van der Waals surface area contributed by atoms with Crippen LogP contribution >= 0.6 is 0 Å². The highest BCUT2D eigenvalue weighted by molar-refractivity contribution is 6.05. The Morgan fingerprint density at radius 3 is 2.72 bits per heavy atom. The molecule has 0 saturated carbocycles. The highest BCUT2D eigenvalue weighted by Gasteiger charge is 2.47. The number of aliphatic carboxylic acids is 1. The van der Waals surface area contributed by atoms with Crippen LogP contribution < -0.4 is 0 Å². The largest absolute Gasteiger partial charge is 0.481 e. The molecular weight excluding hydrogens is 234 g/mol. The van der Waals surface area contributed by atoms with E-state index in [1.54, 1.807) is 0 Å². The molecule has 0 aromatic rings. The van der Waals surface area contributed by atoms with Crippen LogP contribution in [0.5, 0.6) is 0 Å². The fraction of sp³-hybridized carbons (Fsp3) is 0.615. The van der Waals surface area contributed by atoms with Crippen LogP contribution in [0.2, 0.25) is 0 Å². The van der Waals surface area contributed by atoms with E-state index in [1.807, 2.05) is 13.0 Å². The average Bonchev–Trinajstić information content (AvgIpc) is 2.53. The van der Waals surface area contributed by atoms with E-state index in [0.717, 1.165) is 5.57 Å². The highest BCUT2D eigenvalue weighted by atomic mass is 16.4. The smallest absolute Gasteiger partial charge is 0.303 e. The first kappa shape index (κ1) is 12.8. The molecule has 1 aliphatic carbocycles. The van der Waals surface area contributed by atoms with Crippen molar-refractivity contribution in [3.8, 4) is 0 Å². The van der Waals surface area contributed by atoms with Crippen LogP contribution in [-0.4, -0.2) is 34.3 Å². The number of carboxylic acid groups (broad SMARTS) is 1. The van der Waals surface area contributed by atoms with Crippen LogP contribution in [-0.2, 0) is 14.4 Å². The van der Waals surface area contributed by atoms with Crippen LogP contribution in [0.4, 0.5) is 0 Å². The maximum atomic E-state index is 12.1. The Morgan fingerprint density at radius 1 is 1.39 bits per heavy atom. The van der Waals surface area contributed by atoms with Gasteiger partial charge < -0.3 is 5.11 Å². The summed E-state index contributed by atoms with van der Waals surface area (Å²) < 4.78 is 0. The summed E-state index contributed by atoms with van der Waals surface area (Å²) in [6, 6.07) is 0.